The second kappa shape index (κ2) is 8.29. The maximum Gasteiger partial charge on any atom is 0.240 e. The van der Waals surface area contributed by atoms with Crippen molar-refractivity contribution >= 4 is 23.5 Å². The minimum absolute atomic E-state index is 0.171. The number of aryl methyl sites for hydroxylation is 1. The first-order valence-corrected chi connectivity index (χ1v) is 13.7. The van der Waals surface area contributed by atoms with E-state index in [0.29, 0.717) is 6.42 Å². The van der Waals surface area contributed by atoms with Crippen LogP contribution >= 0.6 is 0 Å². The molecule has 0 amide bonds. The van der Waals surface area contributed by atoms with E-state index in [-0.39, 0.29) is 16.7 Å². The number of nitrogens with one attached hydrogen (secondary N) is 1. The van der Waals surface area contributed by atoms with Gasteiger partial charge in [0, 0.05) is 12.5 Å². The Morgan fingerprint density at radius 1 is 1.00 bits per heavy atom. The molecule has 140 valence electrons. The van der Waals surface area contributed by atoms with Gasteiger partial charge in [0.15, 0.2) is 0 Å². The molecule has 0 unspecified atom stereocenters. The van der Waals surface area contributed by atoms with Gasteiger partial charge in [-0.1, -0.05) is 67.7 Å². The first-order chi connectivity index (χ1) is 12.1. The summed E-state index contributed by atoms with van der Waals surface area (Å²) in [5.41, 5.74) is 2.01. The summed E-state index contributed by atoms with van der Waals surface area (Å²) in [6.07, 6.45) is 0.706. The quantitative estimate of drug-likeness (QED) is 0.700. The van der Waals surface area contributed by atoms with E-state index in [1.54, 1.807) is 24.3 Å². The van der Waals surface area contributed by atoms with E-state index in [2.05, 4.69) is 4.72 Å². The Morgan fingerprint density at radius 2 is 1.58 bits per heavy atom. The zero-order chi connectivity index (χ0) is 19.4. The molecular formula is C20H27NO3SSi. The fourth-order valence-corrected chi connectivity index (χ4v) is 4.68. The lowest BCUT2D eigenvalue weighted by atomic mass is 10.0. The molecule has 0 saturated heterocycles. The fraction of sp³-hybridized carbons (Fsp3) is 0.350. The predicted octanol–water partition coefficient (Wildman–Crippen LogP) is 3.72. The molecule has 1 N–H and O–H groups in total. The first-order valence-electron chi connectivity index (χ1n) is 8.74. The highest BCUT2D eigenvalue weighted by Gasteiger charge is 2.29. The number of carbonyl (C=O) groups is 1. The SMILES string of the molecule is Cc1ccc(S(=O)(=O)N[C@H](CC(=O)[Si](C)(C)C)Cc2ccccc2)cc1. The Morgan fingerprint density at radius 3 is 2.12 bits per heavy atom. The number of hydrogen-bond acceptors (Lipinski definition) is 3. The van der Waals surface area contributed by atoms with Crippen LogP contribution in [0, 0.1) is 6.92 Å². The van der Waals surface area contributed by atoms with Crippen LogP contribution in [0.2, 0.25) is 19.6 Å². The maximum atomic E-state index is 12.8. The highest BCUT2D eigenvalue weighted by molar-refractivity contribution is 7.89. The molecule has 2 aromatic rings. The lowest BCUT2D eigenvalue weighted by Crippen LogP contribution is -2.43. The van der Waals surface area contributed by atoms with Crippen molar-refractivity contribution in [3.63, 3.8) is 0 Å². The van der Waals surface area contributed by atoms with Crippen molar-refractivity contribution in [2.24, 2.45) is 0 Å². The van der Waals surface area contributed by atoms with Gasteiger partial charge in [-0.3, -0.25) is 0 Å². The molecule has 0 radical (unpaired) electrons. The number of rotatable bonds is 8. The molecule has 0 aliphatic heterocycles. The average Bonchev–Trinajstić information content (AvgIpc) is 2.55. The second-order valence-corrected chi connectivity index (χ2v) is 14.5. The minimum Gasteiger partial charge on any atom is -0.305 e. The lowest BCUT2D eigenvalue weighted by molar-refractivity contribution is -0.113. The molecule has 26 heavy (non-hydrogen) atoms. The maximum absolute atomic E-state index is 12.8. The van der Waals surface area contributed by atoms with Crippen LogP contribution in [-0.4, -0.2) is 27.9 Å². The zero-order valence-electron chi connectivity index (χ0n) is 15.8. The summed E-state index contributed by atoms with van der Waals surface area (Å²) < 4.78 is 28.3. The van der Waals surface area contributed by atoms with Crippen molar-refractivity contribution < 1.29 is 13.2 Å². The predicted molar refractivity (Wildman–Crippen MR) is 108 cm³/mol. The van der Waals surface area contributed by atoms with Crippen LogP contribution in [0.1, 0.15) is 17.5 Å². The largest absolute Gasteiger partial charge is 0.305 e. The van der Waals surface area contributed by atoms with Crippen LogP contribution in [0.15, 0.2) is 59.5 Å². The van der Waals surface area contributed by atoms with E-state index in [4.69, 9.17) is 0 Å². The van der Waals surface area contributed by atoms with E-state index in [1.165, 1.54) is 0 Å². The molecule has 6 heteroatoms. The second-order valence-electron chi connectivity index (χ2n) is 7.70. The van der Waals surface area contributed by atoms with Crippen molar-refractivity contribution in [3.05, 3.63) is 65.7 Å². The van der Waals surface area contributed by atoms with Crippen molar-refractivity contribution in [2.45, 2.75) is 50.3 Å². The van der Waals surface area contributed by atoms with Gasteiger partial charge in [-0.2, -0.15) is 0 Å². The standard InChI is InChI=1S/C20H27NO3SSi/c1-16-10-12-19(13-11-16)25(23,24)21-18(15-20(22)26(2,3)4)14-17-8-6-5-7-9-17/h5-13,18,21H,14-15H2,1-4H3/t18-/m0/s1. The van der Waals surface area contributed by atoms with Crippen LogP contribution in [0.25, 0.3) is 0 Å². The number of sulfonamides is 1. The van der Waals surface area contributed by atoms with Gasteiger partial charge >= 0.3 is 0 Å². The van der Waals surface area contributed by atoms with Gasteiger partial charge in [0.2, 0.25) is 10.0 Å². The topological polar surface area (TPSA) is 63.2 Å². The third-order valence-corrected chi connectivity index (χ3v) is 7.66. The van der Waals surface area contributed by atoms with Crippen molar-refractivity contribution in [2.75, 3.05) is 0 Å². The zero-order valence-corrected chi connectivity index (χ0v) is 17.6. The third kappa shape index (κ3) is 5.90. The van der Waals surface area contributed by atoms with E-state index in [1.807, 2.05) is 56.9 Å². The Bertz CT molecular complexity index is 841. The Hall–Kier alpha value is -1.76. The van der Waals surface area contributed by atoms with Crippen LogP contribution in [0.5, 0.6) is 0 Å². The molecule has 0 saturated carbocycles. The van der Waals surface area contributed by atoms with Gasteiger partial charge in [-0.15, -0.1) is 0 Å². The number of hydrogen-bond donors (Lipinski definition) is 1. The molecule has 1 atom stereocenters. The molecule has 0 aliphatic rings. The molecule has 4 nitrogen and oxygen atoms in total. The van der Waals surface area contributed by atoms with Gasteiger partial charge < -0.3 is 4.79 Å². The molecule has 0 heterocycles. The summed E-state index contributed by atoms with van der Waals surface area (Å²) in [5, 5.41) is 0.171. The highest BCUT2D eigenvalue weighted by Crippen LogP contribution is 2.16. The van der Waals surface area contributed by atoms with E-state index in [0.717, 1.165) is 11.1 Å². The van der Waals surface area contributed by atoms with Crippen LogP contribution in [0.3, 0.4) is 0 Å². The van der Waals surface area contributed by atoms with E-state index >= 15 is 0 Å². The summed E-state index contributed by atoms with van der Waals surface area (Å²) in [6, 6.07) is 15.9. The summed E-state index contributed by atoms with van der Waals surface area (Å²) in [7, 11) is -5.65. The summed E-state index contributed by atoms with van der Waals surface area (Å²) in [4.78, 5) is 12.8. The summed E-state index contributed by atoms with van der Waals surface area (Å²) >= 11 is 0. The smallest absolute Gasteiger partial charge is 0.240 e. The number of benzene rings is 2. The third-order valence-electron chi connectivity index (χ3n) is 4.25. The molecule has 0 aliphatic carbocycles. The number of carbonyl (C=O) groups excluding carboxylic acids is 1. The van der Waals surface area contributed by atoms with Crippen molar-refractivity contribution in [3.8, 4) is 0 Å². The lowest BCUT2D eigenvalue weighted by Gasteiger charge is -2.22. The van der Waals surface area contributed by atoms with Gasteiger partial charge in [0.1, 0.15) is 13.5 Å². The molecule has 0 spiro atoms. The Labute approximate surface area is 157 Å². The van der Waals surface area contributed by atoms with Crippen LogP contribution < -0.4 is 4.72 Å². The average molecular weight is 390 g/mol. The monoisotopic (exact) mass is 389 g/mol. The summed E-state index contributed by atoms with van der Waals surface area (Å²) in [5.74, 6) is 0. The molecule has 2 rings (SSSR count). The van der Waals surface area contributed by atoms with E-state index < -0.39 is 24.1 Å². The Kier molecular flexibility index (Phi) is 6.55. The molecular weight excluding hydrogens is 362 g/mol. The minimum atomic E-state index is -3.67. The van der Waals surface area contributed by atoms with Gasteiger partial charge in [-0.05, 0) is 31.0 Å². The summed E-state index contributed by atoms with van der Waals surface area (Å²) in [6.45, 7) is 7.88. The van der Waals surface area contributed by atoms with Crippen LogP contribution in [0.4, 0.5) is 0 Å². The van der Waals surface area contributed by atoms with Crippen molar-refractivity contribution in [1.29, 1.82) is 0 Å². The van der Waals surface area contributed by atoms with E-state index in [9.17, 15) is 13.2 Å². The molecule has 0 fully saturated rings. The van der Waals surface area contributed by atoms with Gasteiger partial charge in [0.25, 0.3) is 0 Å². The Balaban J connectivity index is 2.24. The fourth-order valence-electron chi connectivity index (χ4n) is 2.59. The van der Waals surface area contributed by atoms with Gasteiger partial charge in [0.05, 0.1) is 4.90 Å². The van der Waals surface area contributed by atoms with Gasteiger partial charge in [-0.25, -0.2) is 13.1 Å². The first kappa shape index (κ1) is 20.5. The normalized spacial score (nSPS) is 13.4. The highest BCUT2D eigenvalue weighted by atomic mass is 32.2. The van der Waals surface area contributed by atoms with Crippen LogP contribution in [-0.2, 0) is 21.2 Å². The van der Waals surface area contributed by atoms with Crippen molar-refractivity contribution in [1.82, 2.24) is 4.72 Å². The molecule has 2 aromatic carbocycles. The molecule has 0 bridgehead atoms. The molecule has 0 aromatic heterocycles.